The van der Waals surface area contributed by atoms with Crippen molar-refractivity contribution in [2.45, 2.75) is 51.4 Å². The maximum Gasteiger partial charge on any atom is 0.115 e. The standard InChI is InChI=1S/4C6H6O.4C4H8O.4CH3.4Zn/c4*7-6-4-2-1-3-5-6;4*1-2-4-5-3-1;;;;;;;;/h4*1-5,7H;4*1-4H2;4*1H3;;;;/q;;;;;;;;4*-1;;;;. The Morgan fingerprint density at radius 2 is 0.375 bits per heavy atom. The number of benzene rings is 4. The van der Waals surface area contributed by atoms with Crippen molar-refractivity contribution in [3.63, 3.8) is 0 Å². The number of phenols is 4. The molecule has 4 fully saturated rings. The third-order valence-corrected chi connectivity index (χ3v) is 6.33. The average Bonchev–Trinajstić information content (AvgIpc) is 3.98. The minimum absolute atomic E-state index is 0. The Morgan fingerprint density at radius 1 is 0.250 bits per heavy atom. The fraction of sp³-hybridized carbons (Fsp3) is 0.364. The Bertz CT molecular complexity index is 950. The molecule has 4 N–H and O–H groups in total. The van der Waals surface area contributed by atoms with E-state index in [-0.39, 0.29) is 108 Å². The van der Waals surface area contributed by atoms with Crippen molar-refractivity contribution in [3.05, 3.63) is 151 Å². The van der Waals surface area contributed by atoms with Crippen LogP contribution in [0.15, 0.2) is 121 Å². The fourth-order valence-corrected chi connectivity index (χ4v) is 3.75. The molecule has 304 valence electrons. The molecule has 12 heteroatoms. The summed E-state index contributed by atoms with van der Waals surface area (Å²) in [6.45, 7) is 8.00. The number of ether oxygens (including phenoxy) is 4. The van der Waals surface area contributed by atoms with Gasteiger partial charge in [-0.1, -0.05) is 72.8 Å². The van der Waals surface area contributed by atoms with Gasteiger partial charge in [-0.05, 0) is 99.9 Å². The summed E-state index contributed by atoms with van der Waals surface area (Å²) in [7, 11) is 0. The number of phenolic OH excluding ortho intramolecular Hbond substituents is 4. The second-order valence-corrected chi connectivity index (χ2v) is 10.6. The Kier molecular flexibility index (Phi) is 74.3. The molecule has 8 rings (SSSR count). The van der Waals surface area contributed by atoms with Gasteiger partial charge in [0.05, 0.1) is 0 Å². The fourth-order valence-electron chi connectivity index (χ4n) is 3.75. The first-order chi connectivity index (χ1) is 23.6. The molecule has 4 aliphatic heterocycles. The van der Waals surface area contributed by atoms with Gasteiger partial charge in [0.2, 0.25) is 0 Å². The zero-order valence-corrected chi connectivity index (χ0v) is 47.0. The quantitative estimate of drug-likeness (QED) is 0.102. The van der Waals surface area contributed by atoms with Crippen molar-refractivity contribution in [2.75, 3.05) is 52.9 Å². The third kappa shape index (κ3) is 54.5. The molecule has 0 unspecified atom stereocenters. The molecule has 0 amide bonds. The minimum atomic E-state index is 0. The first-order valence-corrected chi connectivity index (χ1v) is 16.8. The molecule has 4 aliphatic rings. The molecule has 56 heavy (non-hydrogen) atoms. The molecule has 0 atom stereocenters. The van der Waals surface area contributed by atoms with Crippen LogP contribution in [-0.4, -0.2) is 73.3 Å². The van der Waals surface area contributed by atoms with E-state index >= 15 is 0 Å². The summed E-state index contributed by atoms with van der Waals surface area (Å²) in [5.74, 6) is 1.29. The van der Waals surface area contributed by atoms with Gasteiger partial charge < -0.3 is 69.1 Å². The Labute approximate surface area is 392 Å². The van der Waals surface area contributed by atoms with Gasteiger partial charge in [-0.15, -0.1) is 0 Å². The molecule has 0 aromatic heterocycles. The largest absolute Gasteiger partial charge is 0.508 e. The van der Waals surface area contributed by atoms with Crippen molar-refractivity contribution in [2.24, 2.45) is 0 Å². The van der Waals surface area contributed by atoms with Gasteiger partial charge in [-0.3, -0.25) is 0 Å². The van der Waals surface area contributed by atoms with Crippen LogP contribution in [0.5, 0.6) is 23.0 Å². The second-order valence-electron chi connectivity index (χ2n) is 10.6. The SMILES string of the molecule is C1CCOC1.C1CCOC1.C1CCOC1.C1CCOC1.Oc1ccccc1.Oc1ccccc1.Oc1ccccc1.Oc1ccccc1.[CH3-].[CH3-].[CH3-].[CH3-].[Zn].[Zn].[Zn].[Zn]. The van der Waals surface area contributed by atoms with Gasteiger partial charge in [-0.25, -0.2) is 0 Å². The van der Waals surface area contributed by atoms with Gasteiger partial charge in [0, 0.05) is 131 Å². The maximum absolute atomic E-state index is 8.63. The van der Waals surface area contributed by atoms with E-state index in [1.165, 1.54) is 51.4 Å². The van der Waals surface area contributed by atoms with E-state index in [2.05, 4.69) is 0 Å². The molecule has 4 saturated heterocycles. The maximum atomic E-state index is 8.63. The first-order valence-electron chi connectivity index (χ1n) is 16.8. The van der Waals surface area contributed by atoms with Gasteiger partial charge in [-0.2, -0.15) is 0 Å². The van der Waals surface area contributed by atoms with Gasteiger partial charge in [0.15, 0.2) is 0 Å². The van der Waals surface area contributed by atoms with E-state index < -0.39 is 0 Å². The van der Waals surface area contributed by atoms with Crippen LogP contribution in [0.2, 0.25) is 0 Å². The molecule has 0 saturated carbocycles. The van der Waals surface area contributed by atoms with Crippen molar-refractivity contribution >= 4 is 0 Å². The number of rotatable bonds is 0. The van der Waals surface area contributed by atoms with Crippen LogP contribution in [0.4, 0.5) is 0 Å². The minimum Gasteiger partial charge on any atom is -0.508 e. The molecular formula is C44H68O8Zn4-4. The zero-order valence-electron chi connectivity index (χ0n) is 35.1. The van der Waals surface area contributed by atoms with Gasteiger partial charge >= 0.3 is 0 Å². The molecule has 4 aromatic carbocycles. The predicted molar refractivity (Wildman–Crippen MR) is 218 cm³/mol. The number of hydrogen-bond donors (Lipinski definition) is 4. The first kappa shape index (κ1) is 72.1. The normalized spacial score (nSPS) is 12.9. The summed E-state index contributed by atoms with van der Waals surface area (Å²) in [6, 6.07) is 34.9. The van der Waals surface area contributed by atoms with E-state index in [1.54, 1.807) is 97.1 Å². The van der Waals surface area contributed by atoms with Crippen LogP contribution in [0.1, 0.15) is 51.4 Å². The monoisotopic (exact) mass is 980 g/mol. The molecule has 4 heterocycles. The van der Waals surface area contributed by atoms with Crippen LogP contribution in [0.3, 0.4) is 0 Å². The predicted octanol–water partition coefficient (Wildman–Crippen LogP) is 10.5. The van der Waals surface area contributed by atoms with Crippen molar-refractivity contribution in [1.82, 2.24) is 0 Å². The molecule has 0 bridgehead atoms. The summed E-state index contributed by atoms with van der Waals surface area (Å²) < 4.78 is 19.8. The van der Waals surface area contributed by atoms with E-state index in [1.807, 2.05) is 24.3 Å². The van der Waals surface area contributed by atoms with Gasteiger partial charge in [0.1, 0.15) is 23.0 Å². The summed E-state index contributed by atoms with van der Waals surface area (Å²) in [5.41, 5.74) is 0. The van der Waals surface area contributed by atoms with Crippen molar-refractivity contribution in [1.29, 1.82) is 0 Å². The Morgan fingerprint density at radius 3 is 0.429 bits per heavy atom. The van der Waals surface area contributed by atoms with Crippen molar-refractivity contribution in [3.8, 4) is 23.0 Å². The zero-order chi connectivity index (χ0) is 34.6. The summed E-state index contributed by atoms with van der Waals surface area (Å²) in [6.07, 6.45) is 10.2. The Balaban J connectivity index is -0.0000000771. The molecule has 0 radical (unpaired) electrons. The molecule has 0 aliphatic carbocycles. The van der Waals surface area contributed by atoms with Crippen LogP contribution >= 0.6 is 0 Å². The van der Waals surface area contributed by atoms with Gasteiger partial charge in [0.25, 0.3) is 0 Å². The summed E-state index contributed by atoms with van der Waals surface area (Å²) in [4.78, 5) is 0. The van der Waals surface area contributed by atoms with E-state index in [0.29, 0.717) is 23.0 Å². The van der Waals surface area contributed by atoms with Crippen LogP contribution in [0, 0.1) is 29.7 Å². The topological polar surface area (TPSA) is 118 Å². The van der Waals surface area contributed by atoms with Crippen LogP contribution < -0.4 is 0 Å². The smallest absolute Gasteiger partial charge is 0.115 e. The third-order valence-electron chi connectivity index (χ3n) is 6.33. The second kappa shape index (κ2) is 57.7. The molecular weight excluding hydrogens is 918 g/mol. The Hall–Kier alpha value is -1.59. The molecule has 0 spiro atoms. The average molecular weight is 987 g/mol. The van der Waals surface area contributed by atoms with E-state index in [0.717, 1.165) is 52.9 Å². The van der Waals surface area contributed by atoms with Crippen molar-refractivity contribution < 1.29 is 117 Å². The summed E-state index contributed by atoms with van der Waals surface area (Å²) in [5, 5.41) is 34.5. The van der Waals surface area contributed by atoms with E-state index in [9.17, 15) is 0 Å². The van der Waals surface area contributed by atoms with Crippen LogP contribution in [-0.2, 0) is 96.9 Å². The summed E-state index contributed by atoms with van der Waals surface area (Å²) >= 11 is 0. The molecule has 8 nitrogen and oxygen atoms in total. The van der Waals surface area contributed by atoms with Crippen LogP contribution in [0.25, 0.3) is 0 Å². The number of hydrogen-bond acceptors (Lipinski definition) is 8. The molecule has 4 aromatic rings. The number of aromatic hydroxyl groups is 4. The number of para-hydroxylation sites is 4. The van der Waals surface area contributed by atoms with E-state index in [4.69, 9.17) is 39.4 Å².